The third kappa shape index (κ3) is 5.05. The summed E-state index contributed by atoms with van der Waals surface area (Å²) in [6, 6.07) is 4.32. The van der Waals surface area contributed by atoms with Crippen molar-refractivity contribution >= 4 is 34.5 Å². The fourth-order valence-electron chi connectivity index (χ4n) is 5.03. The van der Waals surface area contributed by atoms with E-state index in [1.54, 1.807) is 24.7 Å². The number of likely N-dealkylation sites (N-methyl/N-ethyl adjacent to an activating group) is 1. The topological polar surface area (TPSA) is 119 Å². The first-order chi connectivity index (χ1) is 19.4. The van der Waals surface area contributed by atoms with Crippen molar-refractivity contribution in [3.8, 4) is 11.3 Å². The number of hydrogen-bond acceptors (Lipinski definition) is 10. The second kappa shape index (κ2) is 10.7. The van der Waals surface area contributed by atoms with E-state index in [-0.39, 0.29) is 11.5 Å². The standard InChI is InChI=1S/C27H29F2N9O2/c1-35-4-6-36(7-5-35)18-12-21(28)20(22(29)13-18)14-23(39)38-3-2-19-24(17-15-31-26(30)32-16-17)33-27(34-25(19)38)37-8-10-40-11-9-37/h2-3,12-13,15-16H,4-11,14H2,1H3,(H2,30,31,32). The molecule has 6 rings (SSSR count). The van der Waals surface area contributed by atoms with Gasteiger partial charge in [-0.25, -0.2) is 23.7 Å². The monoisotopic (exact) mass is 549 g/mol. The summed E-state index contributed by atoms with van der Waals surface area (Å²) in [4.78, 5) is 37.1. The van der Waals surface area contributed by atoms with Crippen LogP contribution in [0, 0.1) is 11.6 Å². The zero-order valence-corrected chi connectivity index (χ0v) is 22.1. The molecule has 0 atom stereocenters. The van der Waals surface area contributed by atoms with Crippen LogP contribution in [0.25, 0.3) is 22.3 Å². The number of benzene rings is 1. The summed E-state index contributed by atoms with van der Waals surface area (Å²) in [6.07, 6.45) is 4.18. The van der Waals surface area contributed by atoms with E-state index in [1.165, 1.54) is 16.7 Å². The van der Waals surface area contributed by atoms with Crippen LogP contribution in [-0.2, 0) is 11.2 Å². The van der Waals surface area contributed by atoms with E-state index >= 15 is 8.78 Å². The maximum absolute atomic E-state index is 15.2. The molecule has 0 unspecified atom stereocenters. The lowest BCUT2D eigenvalue weighted by atomic mass is 10.1. The Labute approximate surface area is 229 Å². The fraction of sp³-hybridized carbons (Fsp3) is 0.370. The third-order valence-electron chi connectivity index (χ3n) is 7.36. The number of anilines is 3. The predicted molar refractivity (Wildman–Crippen MR) is 146 cm³/mol. The molecule has 13 heteroatoms. The normalized spacial score (nSPS) is 16.6. The van der Waals surface area contributed by atoms with Crippen LogP contribution < -0.4 is 15.5 Å². The van der Waals surface area contributed by atoms with Crippen LogP contribution in [0.2, 0.25) is 0 Å². The summed E-state index contributed by atoms with van der Waals surface area (Å²) in [5, 5.41) is 0.574. The van der Waals surface area contributed by atoms with Gasteiger partial charge in [-0.05, 0) is 25.2 Å². The van der Waals surface area contributed by atoms with Gasteiger partial charge in [0.25, 0.3) is 0 Å². The second-order valence-corrected chi connectivity index (χ2v) is 9.97. The van der Waals surface area contributed by atoms with Crippen molar-refractivity contribution in [2.75, 3.05) is 75.1 Å². The average Bonchev–Trinajstić information content (AvgIpc) is 3.40. The smallest absolute Gasteiger partial charge is 0.236 e. The largest absolute Gasteiger partial charge is 0.378 e. The number of nitrogens with two attached hydrogens (primary N) is 1. The molecule has 208 valence electrons. The minimum absolute atomic E-state index is 0.123. The molecule has 11 nitrogen and oxygen atoms in total. The zero-order chi connectivity index (χ0) is 27.8. The number of aromatic nitrogens is 5. The molecule has 3 aromatic heterocycles. The van der Waals surface area contributed by atoms with E-state index in [0.717, 1.165) is 13.1 Å². The van der Waals surface area contributed by atoms with Gasteiger partial charge < -0.3 is 25.2 Å². The van der Waals surface area contributed by atoms with Gasteiger partial charge in [-0.2, -0.15) is 4.98 Å². The van der Waals surface area contributed by atoms with Gasteiger partial charge in [0.2, 0.25) is 17.8 Å². The van der Waals surface area contributed by atoms with Crippen LogP contribution >= 0.6 is 0 Å². The molecule has 2 aliphatic rings. The van der Waals surface area contributed by atoms with Gasteiger partial charge in [0.05, 0.1) is 25.3 Å². The lowest BCUT2D eigenvalue weighted by Crippen LogP contribution is -2.44. The molecule has 4 aromatic rings. The molecular weight excluding hydrogens is 520 g/mol. The first kappa shape index (κ1) is 26.0. The number of nitrogens with zero attached hydrogens (tertiary/aromatic N) is 8. The molecule has 2 aliphatic heterocycles. The average molecular weight is 550 g/mol. The molecule has 0 spiro atoms. The van der Waals surface area contributed by atoms with Crippen LogP contribution in [0.5, 0.6) is 0 Å². The Hall–Kier alpha value is -4.23. The van der Waals surface area contributed by atoms with Gasteiger partial charge >= 0.3 is 0 Å². The van der Waals surface area contributed by atoms with Crippen molar-refractivity contribution in [1.29, 1.82) is 0 Å². The second-order valence-electron chi connectivity index (χ2n) is 9.97. The number of halogens is 2. The Morgan fingerprint density at radius 3 is 2.33 bits per heavy atom. The molecule has 0 saturated carbocycles. The first-order valence-corrected chi connectivity index (χ1v) is 13.1. The number of piperazine rings is 1. The van der Waals surface area contributed by atoms with Gasteiger partial charge in [0.1, 0.15) is 11.6 Å². The van der Waals surface area contributed by atoms with Crippen molar-refractivity contribution in [2.24, 2.45) is 0 Å². The first-order valence-electron chi connectivity index (χ1n) is 13.1. The van der Waals surface area contributed by atoms with Gasteiger partial charge in [-0.1, -0.05) is 0 Å². The van der Waals surface area contributed by atoms with Crippen molar-refractivity contribution in [3.05, 3.63) is 54.0 Å². The lowest BCUT2D eigenvalue weighted by Gasteiger charge is -2.34. The van der Waals surface area contributed by atoms with Crippen LogP contribution in [-0.4, -0.2) is 94.8 Å². The molecule has 40 heavy (non-hydrogen) atoms. The molecule has 0 bridgehead atoms. The van der Waals surface area contributed by atoms with E-state index in [0.29, 0.717) is 73.3 Å². The van der Waals surface area contributed by atoms with Crippen LogP contribution in [0.4, 0.5) is 26.4 Å². The van der Waals surface area contributed by atoms with E-state index in [9.17, 15) is 4.79 Å². The number of rotatable bonds is 5. The summed E-state index contributed by atoms with van der Waals surface area (Å²) in [7, 11) is 2.01. The van der Waals surface area contributed by atoms with E-state index in [2.05, 4.69) is 19.9 Å². The fourth-order valence-corrected chi connectivity index (χ4v) is 5.03. The summed E-state index contributed by atoms with van der Waals surface area (Å²) < 4.78 is 37.1. The Kier molecular flexibility index (Phi) is 6.98. The minimum atomic E-state index is -0.748. The highest BCUT2D eigenvalue weighted by molar-refractivity contribution is 5.98. The van der Waals surface area contributed by atoms with Gasteiger partial charge in [-0.3, -0.25) is 9.36 Å². The van der Waals surface area contributed by atoms with Crippen LogP contribution in [0.1, 0.15) is 10.4 Å². The molecule has 2 N–H and O–H groups in total. The highest BCUT2D eigenvalue weighted by Crippen LogP contribution is 2.30. The van der Waals surface area contributed by atoms with Gasteiger partial charge in [0.15, 0.2) is 5.65 Å². The SMILES string of the molecule is CN1CCN(c2cc(F)c(CC(=O)n3ccc4c(-c5cnc(N)nc5)nc(N5CCOCC5)nc43)c(F)c2)CC1. The van der Waals surface area contributed by atoms with E-state index < -0.39 is 24.0 Å². The number of ether oxygens (including phenoxy) is 1. The highest BCUT2D eigenvalue weighted by Gasteiger charge is 2.24. The molecule has 2 saturated heterocycles. The molecule has 5 heterocycles. The quantitative estimate of drug-likeness (QED) is 0.397. The lowest BCUT2D eigenvalue weighted by molar-refractivity contribution is 0.0916. The summed E-state index contributed by atoms with van der Waals surface area (Å²) in [6.45, 7) is 5.16. The molecule has 0 radical (unpaired) electrons. The van der Waals surface area contributed by atoms with E-state index in [4.69, 9.17) is 15.5 Å². The number of carbonyl (C=O) groups excluding carboxylic acids is 1. The molecular formula is C27H29F2N9O2. The Morgan fingerprint density at radius 1 is 0.975 bits per heavy atom. The maximum atomic E-state index is 15.2. The number of nitrogen functional groups attached to an aromatic ring is 1. The van der Waals surface area contributed by atoms with Gasteiger partial charge in [-0.15, -0.1) is 0 Å². The molecule has 1 aromatic carbocycles. The third-order valence-corrected chi connectivity index (χ3v) is 7.36. The summed E-state index contributed by atoms with van der Waals surface area (Å²) in [5.74, 6) is -1.49. The van der Waals surface area contributed by atoms with Gasteiger partial charge in [0, 0.05) is 80.1 Å². The molecule has 0 aliphatic carbocycles. The van der Waals surface area contributed by atoms with Crippen LogP contribution in [0.15, 0.2) is 36.8 Å². The molecule has 0 amide bonds. The maximum Gasteiger partial charge on any atom is 0.236 e. The number of fused-ring (bicyclic) bond motifs is 1. The predicted octanol–water partition coefficient (Wildman–Crippen LogP) is 2.22. The van der Waals surface area contributed by atoms with Crippen LogP contribution in [0.3, 0.4) is 0 Å². The minimum Gasteiger partial charge on any atom is -0.378 e. The highest BCUT2D eigenvalue weighted by atomic mass is 19.1. The zero-order valence-electron chi connectivity index (χ0n) is 22.1. The molecule has 2 fully saturated rings. The van der Waals surface area contributed by atoms with Crippen molar-refractivity contribution in [3.63, 3.8) is 0 Å². The Bertz CT molecular complexity index is 1520. The van der Waals surface area contributed by atoms with Crippen molar-refractivity contribution in [2.45, 2.75) is 6.42 Å². The van der Waals surface area contributed by atoms with E-state index in [1.807, 2.05) is 16.8 Å². The number of hydrogen-bond donors (Lipinski definition) is 1. The number of morpholine rings is 1. The van der Waals surface area contributed by atoms with Crippen molar-refractivity contribution < 1.29 is 18.3 Å². The Morgan fingerprint density at radius 2 is 1.65 bits per heavy atom. The Balaban J connectivity index is 1.35. The number of carbonyl (C=O) groups is 1. The summed E-state index contributed by atoms with van der Waals surface area (Å²) >= 11 is 0. The summed E-state index contributed by atoms with van der Waals surface area (Å²) in [5.41, 5.74) is 7.31. The van der Waals surface area contributed by atoms with Crippen molar-refractivity contribution in [1.82, 2.24) is 29.4 Å².